The molecule has 1 fully saturated rings. The number of anilines is 1. The molecule has 2 heterocycles. The van der Waals surface area contributed by atoms with Gasteiger partial charge in [-0.3, -0.25) is 0 Å². The van der Waals surface area contributed by atoms with Crippen LogP contribution in [0.15, 0.2) is 59.6 Å². The molecule has 0 bridgehead atoms. The minimum atomic E-state index is -1.45. The fourth-order valence-corrected chi connectivity index (χ4v) is 5.67. The third kappa shape index (κ3) is 6.49. The fraction of sp³-hybridized carbons (Fsp3) is 0.367. The standard InChI is InChI=1S/C30H34ClN7O3/c1-17-11-13-19(14-12-17)16-38-25-24(21-9-6-10-22(31)15-21)33-28(26(32)35-30(40)41)36-27(25)37-29(38)34-23(18(2)39)20-7-4-3-5-8-20/h3-10,15,17-19,23,39H,11-14,16H2,1-2H3,(H2,32,35)(H,40,41)(H,33,34,36,37). The highest BCUT2D eigenvalue weighted by atomic mass is 35.5. The number of aromatic nitrogens is 4. The van der Waals surface area contributed by atoms with Crippen LogP contribution in [-0.2, 0) is 6.54 Å². The van der Waals surface area contributed by atoms with Gasteiger partial charge >= 0.3 is 6.09 Å². The van der Waals surface area contributed by atoms with Gasteiger partial charge in [0.05, 0.1) is 12.1 Å². The summed E-state index contributed by atoms with van der Waals surface area (Å²) in [6.07, 6.45) is 2.31. The lowest BCUT2D eigenvalue weighted by Crippen LogP contribution is -2.26. The number of aliphatic imine (C=N–C) groups is 1. The van der Waals surface area contributed by atoms with Crippen molar-refractivity contribution >= 4 is 40.6 Å². The molecule has 2 unspecified atom stereocenters. The largest absolute Gasteiger partial charge is 0.463 e. The molecule has 2 aromatic heterocycles. The molecule has 41 heavy (non-hydrogen) atoms. The lowest BCUT2D eigenvalue weighted by Gasteiger charge is -2.28. The second-order valence-electron chi connectivity index (χ2n) is 10.8. The number of aliphatic hydroxyl groups excluding tert-OH is 1. The number of halogens is 1. The van der Waals surface area contributed by atoms with E-state index in [1.165, 1.54) is 0 Å². The van der Waals surface area contributed by atoms with Gasteiger partial charge in [-0.1, -0.05) is 73.8 Å². The summed E-state index contributed by atoms with van der Waals surface area (Å²) in [7, 11) is 0. The summed E-state index contributed by atoms with van der Waals surface area (Å²) in [4.78, 5) is 28.8. The van der Waals surface area contributed by atoms with E-state index in [0.29, 0.717) is 51.8 Å². The Hall–Kier alpha value is -4.02. The lowest BCUT2D eigenvalue weighted by atomic mass is 9.83. The molecule has 5 rings (SSSR count). The van der Waals surface area contributed by atoms with E-state index in [1.807, 2.05) is 42.5 Å². The van der Waals surface area contributed by atoms with Crippen molar-refractivity contribution in [3.8, 4) is 11.3 Å². The third-order valence-corrected chi connectivity index (χ3v) is 7.88. The molecular weight excluding hydrogens is 542 g/mol. The van der Waals surface area contributed by atoms with E-state index in [0.717, 1.165) is 31.2 Å². The van der Waals surface area contributed by atoms with Crippen LogP contribution in [0.1, 0.15) is 57.0 Å². The third-order valence-electron chi connectivity index (χ3n) is 7.65. The Bertz CT molecular complexity index is 1560. The van der Waals surface area contributed by atoms with Crippen LogP contribution in [-0.4, -0.2) is 47.8 Å². The summed E-state index contributed by atoms with van der Waals surface area (Å²) < 4.78 is 2.08. The first kappa shape index (κ1) is 28.5. The van der Waals surface area contributed by atoms with E-state index in [4.69, 9.17) is 22.3 Å². The molecule has 0 radical (unpaired) electrons. The number of amides is 1. The molecular formula is C30H34ClN7O3. The van der Waals surface area contributed by atoms with Crippen molar-refractivity contribution in [2.75, 3.05) is 5.32 Å². The lowest BCUT2D eigenvalue weighted by molar-refractivity contribution is 0.171. The predicted octanol–water partition coefficient (Wildman–Crippen LogP) is 5.89. The summed E-state index contributed by atoms with van der Waals surface area (Å²) in [6, 6.07) is 16.5. The van der Waals surface area contributed by atoms with Crippen LogP contribution in [0.25, 0.3) is 22.4 Å². The van der Waals surface area contributed by atoms with Crippen molar-refractivity contribution in [2.24, 2.45) is 22.6 Å². The first-order valence-electron chi connectivity index (χ1n) is 13.8. The normalized spacial score (nSPS) is 19.2. The number of nitrogens with two attached hydrogens (primary N) is 1. The van der Waals surface area contributed by atoms with Crippen LogP contribution < -0.4 is 11.1 Å². The molecule has 0 saturated heterocycles. The van der Waals surface area contributed by atoms with Crippen LogP contribution >= 0.6 is 11.6 Å². The maximum atomic E-state index is 11.3. The quantitative estimate of drug-likeness (QED) is 0.150. The zero-order valence-corrected chi connectivity index (χ0v) is 23.8. The first-order chi connectivity index (χ1) is 19.7. The molecule has 1 aliphatic carbocycles. The van der Waals surface area contributed by atoms with E-state index in [9.17, 15) is 15.0 Å². The van der Waals surface area contributed by atoms with Crippen molar-refractivity contribution in [1.82, 2.24) is 19.5 Å². The van der Waals surface area contributed by atoms with Gasteiger partial charge < -0.3 is 25.8 Å². The average Bonchev–Trinajstić information content (AvgIpc) is 3.29. The van der Waals surface area contributed by atoms with Gasteiger partial charge in [0.25, 0.3) is 0 Å². The summed E-state index contributed by atoms with van der Waals surface area (Å²) in [5.74, 6) is 1.26. The Morgan fingerprint density at radius 1 is 1.12 bits per heavy atom. The van der Waals surface area contributed by atoms with Crippen LogP contribution in [0.4, 0.5) is 10.7 Å². The Labute approximate surface area is 243 Å². The number of carboxylic acid groups (broad SMARTS) is 1. The van der Waals surface area contributed by atoms with Gasteiger partial charge in [0.15, 0.2) is 17.3 Å². The fourth-order valence-electron chi connectivity index (χ4n) is 5.48. The molecule has 2 aromatic carbocycles. The number of nitrogens with zero attached hydrogens (tertiary/aromatic N) is 5. The molecule has 1 amide bonds. The zero-order valence-electron chi connectivity index (χ0n) is 23.0. The molecule has 11 heteroatoms. The van der Waals surface area contributed by atoms with Crippen LogP contribution in [0.2, 0.25) is 5.02 Å². The van der Waals surface area contributed by atoms with Gasteiger partial charge in [-0.2, -0.15) is 9.98 Å². The highest BCUT2D eigenvalue weighted by molar-refractivity contribution is 6.30. The number of nitrogens with one attached hydrogen (secondary N) is 1. The molecule has 1 saturated carbocycles. The van der Waals surface area contributed by atoms with Crippen molar-refractivity contribution in [1.29, 1.82) is 0 Å². The highest BCUT2D eigenvalue weighted by Crippen LogP contribution is 2.36. The molecule has 5 N–H and O–H groups in total. The molecule has 4 aromatic rings. The molecule has 214 valence electrons. The second kappa shape index (κ2) is 12.2. The Morgan fingerprint density at radius 2 is 1.85 bits per heavy atom. The van der Waals surface area contributed by atoms with Gasteiger partial charge in [-0.25, -0.2) is 14.8 Å². The van der Waals surface area contributed by atoms with Crippen molar-refractivity contribution in [3.05, 3.63) is 71.0 Å². The number of aliphatic hydroxyl groups is 1. The number of imidazole rings is 1. The molecule has 0 aliphatic heterocycles. The Kier molecular flexibility index (Phi) is 8.51. The van der Waals surface area contributed by atoms with Crippen LogP contribution in [0.5, 0.6) is 0 Å². The molecule has 1 aliphatic rings. The Morgan fingerprint density at radius 3 is 2.51 bits per heavy atom. The average molecular weight is 576 g/mol. The van der Waals surface area contributed by atoms with E-state index in [-0.39, 0.29) is 11.7 Å². The van der Waals surface area contributed by atoms with Crippen molar-refractivity contribution in [2.45, 2.75) is 58.2 Å². The summed E-state index contributed by atoms with van der Waals surface area (Å²) >= 11 is 6.37. The van der Waals surface area contributed by atoms with Crippen molar-refractivity contribution in [3.63, 3.8) is 0 Å². The maximum Gasteiger partial charge on any atom is 0.433 e. The van der Waals surface area contributed by atoms with E-state index >= 15 is 0 Å². The SMILES string of the molecule is CC1CCC(Cn2c(NC(c3ccccc3)C(C)O)nc3nc(C(N)=NC(=O)O)nc(-c4cccc(Cl)c4)c32)CC1. The van der Waals surface area contributed by atoms with Gasteiger partial charge in [0.2, 0.25) is 5.95 Å². The minimum Gasteiger partial charge on any atom is -0.463 e. The van der Waals surface area contributed by atoms with E-state index in [1.54, 1.807) is 19.1 Å². The smallest absolute Gasteiger partial charge is 0.433 e. The number of fused-ring (bicyclic) bond motifs is 1. The summed E-state index contributed by atoms with van der Waals surface area (Å²) in [5, 5.41) is 24.0. The number of carbonyl (C=O) groups is 1. The van der Waals surface area contributed by atoms with Gasteiger partial charge in [0, 0.05) is 17.1 Å². The molecule has 2 atom stereocenters. The number of hydrogen-bond donors (Lipinski definition) is 4. The van der Waals surface area contributed by atoms with Gasteiger partial charge in [-0.15, -0.1) is 0 Å². The van der Waals surface area contributed by atoms with E-state index in [2.05, 4.69) is 31.8 Å². The number of amidine groups is 1. The molecule has 10 nitrogen and oxygen atoms in total. The maximum absolute atomic E-state index is 11.3. The first-order valence-corrected chi connectivity index (χ1v) is 14.2. The minimum absolute atomic E-state index is 0.0484. The number of rotatable bonds is 8. The van der Waals surface area contributed by atoms with Gasteiger partial charge in [-0.05, 0) is 49.3 Å². The van der Waals surface area contributed by atoms with Crippen LogP contribution in [0.3, 0.4) is 0 Å². The zero-order chi connectivity index (χ0) is 29.1. The highest BCUT2D eigenvalue weighted by Gasteiger charge is 2.27. The predicted molar refractivity (Wildman–Crippen MR) is 160 cm³/mol. The second-order valence-corrected chi connectivity index (χ2v) is 11.2. The molecule has 0 spiro atoms. The Balaban J connectivity index is 1.72. The number of hydrogen-bond acceptors (Lipinski definition) is 6. The topological polar surface area (TPSA) is 152 Å². The van der Waals surface area contributed by atoms with Crippen LogP contribution in [0, 0.1) is 11.8 Å². The van der Waals surface area contributed by atoms with Crippen molar-refractivity contribution < 1.29 is 15.0 Å². The number of benzene rings is 2. The van der Waals surface area contributed by atoms with Gasteiger partial charge in [0.1, 0.15) is 11.2 Å². The monoisotopic (exact) mass is 575 g/mol. The summed E-state index contributed by atoms with van der Waals surface area (Å²) in [5.41, 5.74) is 9.12. The summed E-state index contributed by atoms with van der Waals surface area (Å²) in [6.45, 7) is 4.69. The van der Waals surface area contributed by atoms with E-state index < -0.39 is 18.2 Å².